The zero-order valence-corrected chi connectivity index (χ0v) is 32.1. The molecule has 3 heterocycles. The van der Waals surface area contributed by atoms with E-state index in [4.69, 9.17) is 4.74 Å². The topological polar surface area (TPSA) is 119 Å². The molecule has 3 aliphatic heterocycles. The Morgan fingerprint density at radius 1 is 0.789 bits per heavy atom. The van der Waals surface area contributed by atoms with Crippen molar-refractivity contribution in [3.05, 3.63) is 143 Å². The van der Waals surface area contributed by atoms with Gasteiger partial charge in [0, 0.05) is 37.2 Å². The molecule has 5 aliphatic rings. The zero-order valence-electron chi connectivity index (χ0n) is 32.1. The monoisotopic (exact) mass is 764 g/mol. The van der Waals surface area contributed by atoms with Crippen LogP contribution in [-0.2, 0) is 31.1 Å². The Labute approximate surface area is 333 Å². The first-order chi connectivity index (χ1) is 27.8. The summed E-state index contributed by atoms with van der Waals surface area (Å²) in [6.45, 7) is 4.21. The van der Waals surface area contributed by atoms with Crippen molar-refractivity contribution in [3.63, 3.8) is 0 Å². The summed E-state index contributed by atoms with van der Waals surface area (Å²) in [5.41, 5.74) is 6.93. The Morgan fingerprint density at radius 3 is 2.19 bits per heavy atom. The molecule has 4 amide bonds. The van der Waals surface area contributed by atoms with Crippen LogP contribution in [0.2, 0.25) is 0 Å². The summed E-state index contributed by atoms with van der Waals surface area (Å²) < 4.78 is 6.18. The predicted molar refractivity (Wildman–Crippen MR) is 214 cm³/mol. The second-order valence-corrected chi connectivity index (χ2v) is 16.2. The number of amides is 4. The van der Waals surface area contributed by atoms with Crippen LogP contribution in [-0.4, -0.2) is 75.9 Å². The predicted octanol–water partition coefficient (Wildman–Crippen LogP) is 6.02. The molecule has 4 aromatic carbocycles. The van der Waals surface area contributed by atoms with E-state index < -0.39 is 35.0 Å². The third-order valence-electron chi connectivity index (χ3n) is 13.2. The lowest BCUT2D eigenvalue weighted by molar-refractivity contribution is -0.144. The quantitative estimate of drug-likeness (QED) is 0.149. The maximum Gasteiger partial charge on any atom is 0.260 e. The van der Waals surface area contributed by atoms with E-state index in [1.807, 2.05) is 104 Å². The Hall–Kier alpha value is -5.58. The van der Waals surface area contributed by atoms with Gasteiger partial charge in [0.2, 0.25) is 11.8 Å². The lowest BCUT2D eigenvalue weighted by atomic mass is 9.49. The molecule has 2 aliphatic carbocycles. The highest BCUT2D eigenvalue weighted by atomic mass is 16.5. The Balaban J connectivity index is 1.11. The largest absolute Gasteiger partial charge is 0.491 e. The number of carbonyl (C=O) groups excluding carboxylic acids is 4. The molecule has 0 bridgehead atoms. The van der Waals surface area contributed by atoms with E-state index in [1.165, 1.54) is 10.6 Å². The summed E-state index contributed by atoms with van der Waals surface area (Å²) >= 11 is 0. The highest BCUT2D eigenvalue weighted by Crippen LogP contribution is 2.65. The fourth-order valence-corrected chi connectivity index (χ4v) is 10.7. The van der Waals surface area contributed by atoms with Gasteiger partial charge in [-0.15, -0.1) is 0 Å². The first-order valence-corrected chi connectivity index (χ1v) is 20.2. The second-order valence-electron chi connectivity index (χ2n) is 16.2. The van der Waals surface area contributed by atoms with Gasteiger partial charge in [-0.3, -0.25) is 34.4 Å². The number of aliphatic hydroxyl groups is 1. The molecule has 1 saturated carbocycles. The second kappa shape index (κ2) is 15.1. The minimum Gasteiger partial charge on any atom is -0.491 e. The van der Waals surface area contributed by atoms with Crippen LogP contribution in [0.3, 0.4) is 0 Å². The van der Waals surface area contributed by atoms with Gasteiger partial charge in [-0.2, -0.15) is 5.01 Å². The van der Waals surface area contributed by atoms with E-state index >= 15 is 9.59 Å². The maximum absolute atomic E-state index is 15.5. The number of rotatable bonds is 10. The molecule has 3 saturated heterocycles. The highest BCUT2D eigenvalue weighted by Gasteiger charge is 2.70. The number of anilines is 1. The average molecular weight is 765 g/mol. The number of likely N-dealkylation sites (tertiary alicyclic amines) is 2. The first-order valence-electron chi connectivity index (χ1n) is 20.2. The van der Waals surface area contributed by atoms with Crippen molar-refractivity contribution in [1.29, 1.82) is 0 Å². The van der Waals surface area contributed by atoms with E-state index in [2.05, 4.69) is 28.5 Å². The number of carbonyl (C=O) groups is 4. The number of nitrogens with one attached hydrogen (secondary N) is 1. The number of piperidine rings is 1. The standard InChI is InChI=1S/C47H48N4O6/c1-30-16-18-33(19-17-30)48-51-44(54)39-28-38-35(42(36-14-8-9-15-40(36)57-27-26-52)47(39,46(51)56)32-12-6-3-7-13-32)20-21-37-41(38)45(55)50(43(37)53)34-22-24-49(25-23-34)29-31-10-4-2-5-11-31/h2-20,34,37-39,41-42,48,52H,21-29H2,1H3. The highest BCUT2D eigenvalue weighted by molar-refractivity contribution is 6.13. The van der Waals surface area contributed by atoms with Crippen LogP contribution >= 0.6 is 0 Å². The van der Waals surface area contributed by atoms with E-state index in [0.717, 1.165) is 30.8 Å². The number of imide groups is 2. The molecular weight excluding hydrogens is 717 g/mol. The number of fused-ring (bicyclic) bond motifs is 4. The smallest absolute Gasteiger partial charge is 0.260 e. The molecule has 0 spiro atoms. The number of hydrogen-bond donors (Lipinski definition) is 2. The van der Waals surface area contributed by atoms with Crippen molar-refractivity contribution < 1.29 is 29.0 Å². The molecule has 0 radical (unpaired) electrons. The van der Waals surface area contributed by atoms with E-state index in [1.54, 1.807) is 4.90 Å². The van der Waals surface area contributed by atoms with Gasteiger partial charge in [-0.1, -0.05) is 108 Å². The lowest BCUT2D eigenvalue weighted by Crippen LogP contribution is -2.53. The van der Waals surface area contributed by atoms with Crippen molar-refractivity contribution in [1.82, 2.24) is 14.8 Å². The molecule has 9 rings (SSSR count). The number of hydrazine groups is 1. The normalized spacial score (nSPS) is 27.5. The van der Waals surface area contributed by atoms with Crippen molar-refractivity contribution in [2.45, 2.75) is 56.5 Å². The van der Waals surface area contributed by atoms with Gasteiger partial charge in [-0.25, -0.2) is 0 Å². The summed E-state index contributed by atoms with van der Waals surface area (Å²) in [4.78, 5) is 63.7. The van der Waals surface area contributed by atoms with Crippen LogP contribution in [0.15, 0.2) is 121 Å². The zero-order chi connectivity index (χ0) is 39.3. The number of aryl methyl sites for hydroxylation is 1. The number of hydrogen-bond acceptors (Lipinski definition) is 8. The number of aliphatic hydroxyl groups excluding tert-OH is 1. The Morgan fingerprint density at radius 2 is 1.47 bits per heavy atom. The number of para-hydroxylation sites is 1. The summed E-state index contributed by atoms with van der Waals surface area (Å²) in [7, 11) is 0. The molecule has 0 aromatic heterocycles. The number of allylic oxidation sites excluding steroid dienone is 2. The fraction of sp³-hybridized carbons (Fsp3) is 0.362. The van der Waals surface area contributed by atoms with Crippen LogP contribution in [0.5, 0.6) is 5.75 Å². The molecule has 4 aromatic rings. The summed E-state index contributed by atoms with van der Waals surface area (Å²) in [6, 6.07) is 34.7. The van der Waals surface area contributed by atoms with Gasteiger partial charge in [0.1, 0.15) is 12.4 Å². The van der Waals surface area contributed by atoms with Crippen molar-refractivity contribution in [3.8, 4) is 5.75 Å². The Kier molecular flexibility index (Phi) is 9.78. The van der Waals surface area contributed by atoms with Crippen LogP contribution in [0.25, 0.3) is 0 Å². The molecule has 2 N–H and O–H groups in total. The molecule has 6 atom stereocenters. The van der Waals surface area contributed by atoms with Crippen molar-refractivity contribution in [2.75, 3.05) is 31.7 Å². The molecule has 10 heteroatoms. The van der Waals surface area contributed by atoms with E-state index in [9.17, 15) is 14.7 Å². The van der Waals surface area contributed by atoms with Gasteiger partial charge >= 0.3 is 0 Å². The molecular formula is C47H48N4O6. The van der Waals surface area contributed by atoms with Crippen LogP contribution < -0.4 is 10.2 Å². The van der Waals surface area contributed by atoms with Crippen molar-refractivity contribution >= 4 is 29.3 Å². The van der Waals surface area contributed by atoms with E-state index in [0.29, 0.717) is 41.8 Å². The van der Waals surface area contributed by atoms with E-state index in [-0.39, 0.29) is 49.3 Å². The SMILES string of the molecule is Cc1ccc(NN2C(=O)C3CC4C(=CCC5C(=O)N(C6CCN(Cc7ccccc7)CC6)C(=O)C54)C(c4ccccc4OCCO)C3(c3ccccc3)C2=O)cc1. The lowest BCUT2D eigenvalue weighted by Gasteiger charge is -2.50. The molecule has 4 fully saturated rings. The third-order valence-corrected chi connectivity index (χ3v) is 13.2. The van der Waals surface area contributed by atoms with Gasteiger partial charge in [0.15, 0.2) is 0 Å². The maximum atomic E-state index is 15.5. The van der Waals surface area contributed by atoms with Gasteiger partial charge in [0.25, 0.3) is 11.8 Å². The third kappa shape index (κ3) is 6.17. The Bertz CT molecular complexity index is 2200. The fourth-order valence-electron chi connectivity index (χ4n) is 10.7. The number of benzene rings is 4. The summed E-state index contributed by atoms with van der Waals surface area (Å²) in [5.74, 6) is -3.76. The molecule has 292 valence electrons. The van der Waals surface area contributed by atoms with Gasteiger partial charge in [-0.05, 0) is 67.9 Å². The first kappa shape index (κ1) is 37.0. The summed E-state index contributed by atoms with van der Waals surface area (Å²) in [6.07, 6.45) is 4.10. The van der Waals surface area contributed by atoms with Gasteiger partial charge in [0.05, 0.1) is 35.5 Å². The molecule has 57 heavy (non-hydrogen) atoms. The number of nitrogens with zero attached hydrogens (tertiary/aromatic N) is 3. The van der Waals surface area contributed by atoms with Crippen LogP contribution in [0.1, 0.15) is 53.9 Å². The molecule has 6 unspecified atom stereocenters. The number of ether oxygens (including phenoxy) is 1. The van der Waals surface area contributed by atoms with Crippen molar-refractivity contribution in [2.24, 2.45) is 23.7 Å². The van der Waals surface area contributed by atoms with Gasteiger partial charge < -0.3 is 9.84 Å². The molecule has 10 nitrogen and oxygen atoms in total. The van der Waals surface area contributed by atoms with Crippen LogP contribution in [0, 0.1) is 30.6 Å². The van der Waals surface area contributed by atoms with Crippen LogP contribution in [0.4, 0.5) is 5.69 Å². The minimum absolute atomic E-state index is 0.0404. The summed E-state index contributed by atoms with van der Waals surface area (Å²) in [5, 5.41) is 11.0. The minimum atomic E-state index is -1.40. The average Bonchev–Trinajstić information content (AvgIpc) is 3.62.